The molecule has 0 bridgehead atoms. The van der Waals surface area contributed by atoms with E-state index in [1.807, 2.05) is 20.8 Å². The molecule has 0 aromatic carbocycles. The van der Waals surface area contributed by atoms with Crippen molar-refractivity contribution < 1.29 is 24.4 Å². The summed E-state index contributed by atoms with van der Waals surface area (Å²) in [5, 5.41) is 22.3. The first-order valence-electron chi connectivity index (χ1n) is 7.82. The number of amides is 1. The Balaban J connectivity index is 0. The summed E-state index contributed by atoms with van der Waals surface area (Å²) in [7, 11) is 1.93. The Morgan fingerprint density at radius 1 is 1.46 bits per heavy atom. The van der Waals surface area contributed by atoms with Gasteiger partial charge >= 0.3 is 12.1 Å². The Morgan fingerprint density at radius 3 is 2.50 bits per heavy atom. The van der Waals surface area contributed by atoms with E-state index in [-0.39, 0.29) is 23.1 Å². The fourth-order valence-electron chi connectivity index (χ4n) is 1.23. The van der Waals surface area contributed by atoms with Gasteiger partial charge in [-0.3, -0.25) is 10.1 Å². The van der Waals surface area contributed by atoms with Gasteiger partial charge in [0.05, 0.1) is 11.5 Å². The molecule has 2 N–H and O–H groups in total. The summed E-state index contributed by atoms with van der Waals surface area (Å²) in [5.41, 5.74) is -0.213. The minimum absolute atomic E-state index is 0.0356. The third kappa shape index (κ3) is 11.5. The smallest absolute Gasteiger partial charge is 0.407 e. The number of nitro groups is 1. The van der Waals surface area contributed by atoms with E-state index in [9.17, 15) is 19.7 Å². The number of carboxylic acid groups (broad SMARTS) is 1. The number of ether oxygens (including phenoxy) is 1. The number of alkyl carbamates (subject to hydrolysis) is 1. The van der Waals surface area contributed by atoms with E-state index in [0.29, 0.717) is 6.42 Å². The molecule has 0 saturated carbocycles. The molecule has 1 amide bonds. The van der Waals surface area contributed by atoms with Gasteiger partial charge < -0.3 is 15.2 Å². The zero-order valence-electron chi connectivity index (χ0n) is 15.3. The number of carboxylic acids is 1. The summed E-state index contributed by atoms with van der Waals surface area (Å²) in [6.45, 7) is 10.9. The van der Waals surface area contributed by atoms with E-state index < -0.39 is 23.0 Å². The number of aliphatic imine (C=N–C) groups is 1. The third-order valence-corrected chi connectivity index (χ3v) is 4.59. The average molecular weight is 408 g/mol. The van der Waals surface area contributed by atoms with Crippen molar-refractivity contribution in [2.45, 2.75) is 40.2 Å². The van der Waals surface area contributed by atoms with Gasteiger partial charge in [-0.05, 0) is 30.2 Å². The highest BCUT2D eigenvalue weighted by Crippen LogP contribution is 2.28. The monoisotopic (exact) mass is 407 g/mol. The summed E-state index contributed by atoms with van der Waals surface area (Å²) in [4.78, 5) is 36.7. The lowest BCUT2D eigenvalue weighted by Crippen LogP contribution is -2.42. The molecular weight excluding hydrogens is 382 g/mol. The van der Waals surface area contributed by atoms with Gasteiger partial charge in [0.2, 0.25) is 0 Å². The number of rotatable bonds is 10. The minimum Gasteiger partial charge on any atom is -0.480 e. The second kappa shape index (κ2) is 16.5. The zero-order valence-corrected chi connectivity index (χ0v) is 16.9. The summed E-state index contributed by atoms with van der Waals surface area (Å²) in [6, 6.07) is -1.19. The van der Waals surface area contributed by atoms with Crippen LogP contribution in [0.5, 0.6) is 0 Å². The van der Waals surface area contributed by atoms with Gasteiger partial charge in [0, 0.05) is 12.0 Å². The molecule has 1 unspecified atom stereocenters. The summed E-state index contributed by atoms with van der Waals surface area (Å²) in [5.74, 6) is -1.27. The molecule has 0 aliphatic carbocycles. The number of aliphatic carboxylic acids is 1. The third-order valence-electron chi connectivity index (χ3n) is 2.30. The second-order valence-corrected chi connectivity index (χ2v) is 6.42. The Morgan fingerprint density at radius 2 is 2.08 bits per heavy atom. The van der Waals surface area contributed by atoms with Crippen molar-refractivity contribution in [2.75, 3.05) is 12.4 Å². The number of nitrogens with zero attached hydrogens (tertiary/aromatic N) is 2. The predicted octanol–water partition coefficient (Wildman–Crippen LogP) is 3.71. The van der Waals surface area contributed by atoms with Crippen LogP contribution in [0, 0.1) is 10.1 Å². The van der Waals surface area contributed by atoms with Crippen LogP contribution < -0.4 is 5.32 Å². The molecule has 0 fully saturated rings. The lowest BCUT2D eigenvalue weighted by Gasteiger charge is -2.13. The fraction of sp³-hybridized carbons (Fsp3) is 0.533. The maximum Gasteiger partial charge on any atom is 0.407 e. The van der Waals surface area contributed by atoms with Crippen LogP contribution in [0.4, 0.5) is 4.79 Å². The van der Waals surface area contributed by atoms with Gasteiger partial charge in [-0.25, -0.2) is 14.6 Å². The predicted molar refractivity (Wildman–Crippen MR) is 106 cm³/mol. The van der Waals surface area contributed by atoms with Crippen LogP contribution in [0.1, 0.15) is 34.1 Å². The van der Waals surface area contributed by atoms with Crippen molar-refractivity contribution in [1.29, 1.82) is 0 Å². The van der Waals surface area contributed by atoms with Crippen molar-refractivity contribution >= 4 is 38.7 Å². The molecule has 0 aromatic heterocycles. The molecule has 0 saturated heterocycles. The molecular formula is C15H25N3O6S2. The number of carbonyl (C=O) groups excluding carboxylic acids is 1. The molecule has 0 aliphatic rings. The van der Waals surface area contributed by atoms with Crippen LogP contribution in [0.25, 0.3) is 0 Å². The second-order valence-electron chi connectivity index (χ2n) is 4.09. The van der Waals surface area contributed by atoms with Crippen LogP contribution >= 0.6 is 21.6 Å². The summed E-state index contributed by atoms with van der Waals surface area (Å²) in [6.07, 6.45) is 2.23. The highest BCUT2D eigenvalue weighted by atomic mass is 33.1. The first-order chi connectivity index (χ1) is 12.4. The van der Waals surface area contributed by atoms with Gasteiger partial charge in [-0.2, -0.15) is 0 Å². The van der Waals surface area contributed by atoms with Crippen molar-refractivity contribution in [1.82, 2.24) is 5.32 Å². The quantitative estimate of drug-likeness (QED) is 0.184. The van der Waals surface area contributed by atoms with Gasteiger partial charge in [0.25, 0.3) is 5.70 Å². The zero-order chi connectivity index (χ0) is 20.5. The van der Waals surface area contributed by atoms with Crippen LogP contribution in [0.15, 0.2) is 29.5 Å². The SMILES string of the molecule is C=CN=C(SSCC(NC(=O)OCCC)C(=O)O)/C(=C\C)[N+](=O)[O-].CC. The molecule has 0 heterocycles. The number of allylic oxidation sites excluding steroid dienone is 1. The maximum atomic E-state index is 11.4. The number of hydrogen-bond donors (Lipinski definition) is 2. The molecule has 0 aromatic rings. The first-order valence-corrected chi connectivity index (χ1v) is 10.1. The number of carbonyl (C=O) groups is 2. The standard InChI is InChI=1S/C13H19N3O6S2.C2H6/c1-4-7-22-13(19)15-9(12(17)18)8-23-24-11(14-6-3)10(5-2)16(20)21;1-2/h5-6,9H,3-4,7-8H2,1-2H3,(H,15,19)(H,17,18);1-2H3/b10-5+,14-11?;. The largest absolute Gasteiger partial charge is 0.480 e. The van der Waals surface area contributed by atoms with E-state index in [4.69, 9.17) is 9.84 Å². The topological polar surface area (TPSA) is 131 Å². The molecule has 0 rings (SSSR count). The number of nitrogens with one attached hydrogen (secondary N) is 1. The minimum atomic E-state index is -1.24. The molecule has 1 atom stereocenters. The van der Waals surface area contributed by atoms with Gasteiger partial charge in [-0.15, -0.1) is 0 Å². The lowest BCUT2D eigenvalue weighted by atomic mass is 10.3. The van der Waals surface area contributed by atoms with E-state index in [2.05, 4.69) is 16.9 Å². The Labute approximate surface area is 160 Å². The van der Waals surface area contributed by atoms with E-state index in [0.717, 1.165) is 27.8 Å². The number of hydrogen-bond acceptors (Lipinski definition) is 8. The Kier molecular flexibility index (Phi) is 16.6. The highest BCUT2D eigenvalue weighted by Gasteiger charge is 2.23. The van der Waals surface area contributed by atoms with Crippen molar-refractivity contribution in [3.63, 3.8) is 0 Å². The van der Waals surface area contributed by atoms with E-state index in [1.54, 1.807) is 0 Å². The van der Waals surface area contributed by atoms with Crippen LogP contribution in [-0.4, -0.2) is 45.5 Å². The van der Waals surface area contributed by atoms with E-state index >= 15 is 0 Å². The van der Waals surface area contributed by atoms with E-state index in [1.165, 1.54) is 13.0 Å². The molecule has 0 aliphatic heterocycles. The first kappa shape index (κ1) is 26.2. The van der Waals surface area contributed by atoms with Crippen molar-refractivity contribution in [2.24, 2.45) is 4.99 Å². The molecule has 11 heteroatoms. The Bertz CT molecular complexity index is 537. The van der Waals surface area contributed by atoms with Gasteiger partial charge in [0.15, 0.2) is 5.04 Å². The fourth-order valence-corrected chi connectivity index (χ4v) is 3.50. The average Bonchev–Trinajstić information content (AvgIpc) is 2.60. The lowest BCUT2D eigenvalue weighted by molar-refractivity contribution is -0.414. The van der Waals surface area contributed by atoms with Crippen molar-refractivity contribution in [3.8, 4) is 0 Å². The van der Waals surface area contributed by atoms with Crippen LogP contribution in [-0.2, 0) is 9.53 Å². The summed E-state index contributed by atoms with van der Waals surface area (Å²) < 4.78 is 4.76. The molecule has 9 nitrogen and oxygen atoms in total. The molecule has 0 radical (unpaired) electrons. The Hall–Kier alpha value is -2.01. The van der Waals surface area contributed by atoms with Crippen LogP contribution in [0.2, 0.25) is 0 Å². The normalized spacial score (nSPS) is 12.3. The summed E-state index contributed by atoms with van der Waals surface area (Å²) >= 11 is 0. The highest BCUT2D eigenvalue weighted by molar-refractivity contribution is 8.82. The molecule has 26 heavy (non-hydrogen) atoms. The molecule has 148 valence electrons. The molecule has 0 spiro atoms. The van der Waals surface area contributed by atoms with Crippen LogP contribution in [0.3, 0.4) is 0 Å². The maximum absolute atomic E-state index is 11.4. The van der Waals surface area contributed by atoms with Crippen molar-refractivity contribution in [3.05, 3.63) is 34.7 Å². The van der Waals surface area contributed by atoms with Gasteiger partial charge in [0.1, 0.15) is 6.04 Å². The van der Waals surface area contributed by atoms with Gasteiger partial charge in [-0.1, -0.05) is 38.1 Å².